The van der Waals surface area contributed by atoms with Crippen molar-refractivity contribution in [2.24, 2.45) is 0 Å². The smallest absolute Gasteiger partial charge is 0.155 e. The third-order valence-corrected chi connectivity index (χ3v) is 2.19. The van der Waals surface area contributed by atoms with Gasteiger partial charge in [0.2, 0.25) is 0 Å². The largest absolute Gasteiger partial charge is 0.370 e. The van der Waals surface area contributed by atoms with Crippen molar-refractivity contribution < 1.29 is 9.53 Å². The molecule has 0 aromatic rings. The van der Waals surface area contributed by atoms with E-state index in [2.05, 4.69) is 11.9 Å². The first-order valence-electron chi connectivity index (χ1n) is 4.48. The monoisotopic (exact) mass is 171 g/mol. The molecule has 0 atom stereocenters. The lowest BCUT2D eigenvalue weighted by molar-refractivity contribution is -0.124. The minimum Gasteiger partial charge on any atom is -0.370 e. The Labute approximate surface area is 73.7 Å². The Hall–Kier alpha value is -0.410. The third-order valence-electron chi connectivity index (χ3n) is 2.19. The summed E-state index contributed by atoms with van der Waals surface area (Å²) in [6.07, 6.45) is 2.43. The molecule has 1 aliphatic rings. The number of Topliss-reactive ketones (excluding diaryl/α,β-unsaturated/α-hetero) is 1. The van der Waals surface area contributed by atoms with Gasteiger partial charge in [-0.2, -0.15) is 0 Å². The molecule has 1 heterocycles. The molecule has 0 unspecified atom stereocenters. The van der Waals surface area contributed by atoms with Crippen LogP contribution in [0.5, 0.6) is 0 Å². The zero-order valence-corrected chi connectivity index (χ0v) is 7.88. The SMILES string of the molecule is CC(=O)COC1CCN(C)CC1. The molecule has 1 fully saturated rings. The lowest BCUT2D eigenvalue weighted by atomic mass is 10.1. The van der Waals surface area contributed by atoms with Crippen LogP contribution in [0, 0.1) is 0 Å². The van der Waals surface area contributed by atoms with E-state index in [9.17, 15) is 4.79 Å². The summed E-state index contributed by atoms with van der Waals surface area (Å²) in [5, 5.41) is 0. The molecule has 1 aliphatic heterocycles. The fourth-order valence-electron chi connectivity index (χ4n) is 1.39. The van der Waals surface area contributed by atoms with Gasteiger partial charge in [0.1, 0.15) is 6.61 Å². The summed E-state index contributed by atoms with van der Waals surface area (Å²) in [7, 11) is 2.11. The number of ketones is 1. The summed E-state index contributed by atoms with van der Waals surface area (Å²) < 4.78 is 5.42. The van der Waals surface area contributed by atoms with Crippen LogP contribution < -0.4 is 0 Å². The Balaban J connectivity index is 2.13. The summed E-state index contributed by atoms with van der Waals surface area (Å²) in [5.41, 5.74) is 0. The lowest BCUT2D eigenvalue weighted by Crippen LogP contribution is -2.34. The Bertz CT molecular complexity index is 151. The highest BCUT2D eigenvalue weighted by atomic mass is 16.5. The van der Waals surface area contributed by atoms with Gasteiger partial charge in [-0.3, -0.25) is 4.79 Å². The second-order valence-corrected chi connectivity index (χ2v) is 3.52. The fraction of sp³-hybridized carbons (Fsp3) is 0.889. The molecule has 0 spiro atoms. The predicted octanol–water partition coefficient (Wildman–Crippen LogP) is 0.686. The van der Waals surface area contributed by atoms with Gasteiger partial charge in [0.15, 0.2) is 5.78 Å². The van der Waals surface area contributed by atoms with Crippen LogP contribution in [0.1, 0.15) is 19.8 Å². The first-order valence-corrected chi connectivity index (χ1v) is 4.48. The van der Waals surface area contributed by atoms with Crippen molar-refractivity contribution in [1.29, 1.82) is 0 Å². The first kappa shape index (κ1) is 9.68. The molecule has 0 saturated carbocycles. The number of hydrogen-bond acceptors (Lipinski definition) is 3. The van der Waals surface area contributed by atoms with Crippen LogP contribution in [-0.2, 0) is 9.53 Å². The number of rotatable bonds is 3. The van der Waals surface area contributed by atoms with Crippen molar-refractivity contribution in [2.75, 3.05) is 26.7 Å². The Kier molecular flexibility index (Phi) is 3.69. The van der Waals surface area contributed by atoms with E-state index in [1.807, 2.05) is 0 Å². The van der Waals surface area contributed by atoms with Gasteiger partial charge in [-0.15, -0.1) is 0 Å². The predicted molar refractivity (Wildman–Crippen MR) is 47.2 cm³/mol. The quantitative estimate of drug-likeness (QED) is 0.625. The zero-order chi connectivity index (χ0) is 8.97. The molecule has 12 heavy (non-hydrogen) atoms. The number of likely N-dealkylation sites (tertiary alicyclic amines) is 1. The molecule has 0 aliphatic carbocycles. The number of piperidine rings is 1. The van der Waals surface area contributed by atoms with Crippen LogP contribution in [0.15, 0.2) is 0 Å². The minimum atomic E-state index is 0.119. The highest BCUT2D eigenvalue weighted by Gasteiger charge is 2.16. The Morgan fingerprint density at radius 3 is 2.58 bits per heavy atom. The molecule has 3 nitrogen and oxygen atoms in total. The minimum absolute atomic E-state index is 0.119. The van der Waals surface area contributed by atoms with Crippen molar-refractivity contribution in [3.05, 3.63) is 0 Å². The van der Waals surface area contributed by atoms with Gasteiger partial charge in [-0.05, 0) is 26.8 Å². The second-order valence-electron chi connectivity index (χ2n) is 3.52. The van der Waals surface area contributed by atoms with Gasteiger partial charge in [0, 0.05) is 13.1 Å². The maximum atomic E-state index is 10.6. The Morgan fingerprint density at radius 2 is 2.08 bits per heavy atom. The fourth-order valence-corrected chi connectivity index (χ4v) is 1.39. The Morgan fingerprint density at radius 1 is 1.50 bits per heavy atom. The molecular weight excluding hydrogens is 154 g/mol. The third kappa shape index (κ3) is 3.32. The van der Waals surface area contributed by atoms with E-state index in [0.717, 1.165) is 25.9 Å². The summed E-state index contributed by atoms with van der Waals surface area (Å²) in [6.45, 7) is 4.02. The number of ether oxygens (including phenoxy) is 1. The highest BCUT2D eigenvalue weighted by molar-refractivity contribution is 5.76. The molecule has 70 valence electrons. The van der Waals surface area contributed by atoms with Crippen molar-refractivity contribution in [3.8, 4) is 0 Å². The second kappa shape index (κ2) is 4.58. The van der Waals surface area contributed by atoms with Crippen molar-refractivity contribution in [3.63, 3.8) is 0 Å². The van der Waals surface area contributed by atoms with Crippen LogP contribution in [-0.4, -0.2) is 43.5 Å². The van der Waals surface area contributed by atoms with Crippen molar-refractivity contribution >= 4 is 5.78 Å². The van der Waals surface area contributed by atoms with Crippen LogP contribution in [0.3, 0.4) is 0 Å². The molecule has 0 N–H and O–H groups in total. The van der Waals surface area contributed by atoms with E-state index in [-0.39, 0.29) is 12.4 Å². The van der Waals surface area contributed by atoms with Crippen molar-refractivity contribution in [1.82, 2.24) is 4.90 Å². The van der Waals surface area contributed by atoms with Gasteiger partial charge < -0.3 is 9.64 Å². The number of carbonyl (C=O) groups excluding carboxylic acids is 1. The van der Waals surface area contributed by atoms with Gasteiger partial charge in [0.25, 0.3) is 0 Å². The standard InChI is InChI=1S/C9H17NO2/c1-8(11)7-12-9-3-5-10(2)6-4-9/h9H,3-7H2,1-2H3. The molecule has 0 bridgehead atoms. The lowest BCUT2D eigenvalue weighted by Gasteiger charge is -2.28. The molecule has 0 amide bonds. The molecule has 0 radical (unpaired) electrons. The van der Waals surface area contributed by atoms with E-state index in [1.54, 1.807) is 6.92 Å². The highest BCUT2D eigenvalue weighted by Crippen LogP contribution is 2.11. The number of hydrogen-bond donors (Lipinski definition) is 0. The molecule has 1 saturated heterocycles. The van der Waals surface area contributed by atoms with E-state index in [0.29, 0.717) is 6.10 Å². The maximum absolute atomic E-state index is 10.6. The summed E-state index contributed by atoms with van der Waals surface area (Å²) in [6, 6.07) is 0. The van der Waals surface area contributed by atoms with E-state index in [4.69, 9.17) is 4.74 Å². The normalized spacial score (nSPS) is 21.2. The van der Waals surface area contributed by atoms with Crippen LogP contribution >= 0.6 is 0 Å². The first-order chi connectivity index (χ1) is 5.68. The average molecular weight is 171 g/mol. The summed E-state index contributed by atoms with van der Waals surface area (Å²) >= 11 is 0. The summed E-state index contributed by atoms with van der Waals surface area (Å²) in [5.74, 6) is 0.119. The van der Waals surface area contributed by atoms with Gasteiger partial charge >= 0.3 is 0 Å². The van der Waals surface area contributed by atoms with Gasteiger partial charge in [-0.25, -0.2) is 0 Å². The van der Waals surface area contributed by atoms with E-state index >= 15 is 0 Å². The maximum Gasteiger partial charge on any atom is 0.155 e. The zero-order valence-electron chi connectivity index (χ0n) is 7.88. The van der Waals surface area contributed by atoms with Gasteiger partial charge in [-0.1, -0.05) is 0 Å². The molecule has 3 heteroatoms. The van der Waals surface area contributed by atoms with Crippen LogP contribution in [0.4, 0.5) is 0 Å². The number of nitrogens with zero attached hydrogens (tertiary/aromatic N) is 1. The van der Waals surface area contributed by atoms with E-state index < -0.39 is 0 Å². The van der Waals surface area contributed by atoms with E-state index in [1.165, 1.54) is 0 Å². The van der Waals surface area contributed by atoms with Crippen LogP contribution in [0.25, 0.3) is 0 Å². The number of carbonyl (C=O) groups is 1. The average Bonchev–Trinajstić information content (AvgIpc) is 2.03. The molecule has 0 aromatic carbocycles. The topological polar surface area (TPSA) is 29.5 Å². The van der Waals surface area contributed by atoms with Gasteiger partial charge in [0.05, 0.1) is 6.10 Å². The molecule has 1 rings (SSSR count). The summed E-state index contributed by atoms with van der Waals surface area (Å²) in [4.78, 5) is 12.9. The molecular formula is C9H17NO2. The molecule has 0 aromatic heterocycles. The van der Waals surface area contributed by atoms with Crippen molar-refractivity contribution in [2.45, 2.75) is 25.9 Å². The van der Waals surface area contributed by atoms with Crippen LogP contribution in [0.2, 0.25) is 0 Å².